The van der Waals surface area contributed by atoms with E-state index in [4.69, 9.17) is 5.11 Å². The number of methoxy groups -OCH3 is 1. The highest BCUT2D eigenvalue weighted by atomic mass is 79.9. The van der Waals surface area contributed by atoms with Gasteiger partial charge in [-0.1, -0.05) is 31.9 Å². The van der Waals surface area contributed by atoms with Crippen molar-refractivity contribution in [3.05, 3.63) is 75.7 Å². The first-order chi connectivity index (χ1) is 13.4. The lowest BCUT2D eigenvalue weighted by Crippen LogP contribution is -2.06. The number of nitro benzene ring substituents is 2. The van der Waals surface area contributed by atoms with Gasteiger partial charge >= 0.3 is 11.9 Å². The van der Waals surface area contributed by atoms with Gasteiger partial charge in [0.1, 0.15) is 0 Å². The largest absolute Gasteiger partial charge is 0.478 e. The van der Waals surface area contributed by atoms with Crippen molar-refractivity contribution >= 4 is 55.2 Å². The van der Waals surface area contributed by atoms with Gasteiger partial charge in [-0.3, -0.25) is 20.2 Å². The number of rotatable bonds is 4. The van der Waals surface area contributed by atoms with Crippen molar-refractivity contribution in [3.8, 4) is 0 Å². The van der Waals surface area contributed by atoms with Crippen LogP contribution in [0, 0.1) is 34.1 Å². The number of ether oxygens (including phenoxy) is 1. The third-order valence-corrected chi connectivity index (χ3v) is 4.63. The summed E-state index contributed by atoms with van der Waals surface area (Å²) >= 11 is 6.12. The fourth-order valence-electron chi connectivity index (χ4n) is 2.25. The molecule has 0 amide bonds. The van der Waals surface area contributed by atoms with Gasteiger partial charge in [0, 0.05) is 32.2 Å². The van der Waals surface area contributed by atoms with Crippen LogP contribution in [0.3, 0.4) is 0 Å². The molecule has 29 heavy (non-hydrogen) atoms. The van der Waals surface area contributed by atoms with Crippen LogP contribution in [0.2, 0.25) is 0 Å². The molecule has 10 nitrogen and oxygen atoms in total. The zero-order valence-corrected chi connectivity index (χ0v) is 18.4. The van der Waals surface area contributed by atoms with E-state index in [9.17, 15) is 29.8 Å². The molecule has 0 bridgehead atoms. The monoisotopic (exact) mass is 532 g/mol. The van der Waals surface area contributed by atoms with Gasteiger partial charge in [0.15, 0.2) is 0 Å². The maximum absolute atomic E-state index is 11.3. The lowest BCUT2D eigenvalue weighted by atomic mass is 10.1. The molecule has 0 heterocycles. The molecule has 154 valence electrons. The summed E-state index contributed by atoms with van der Waals surface area (Å²) in [5.74, 6) is -1.76. The first-order valence-electron chi connectivity index (χ1n) is 7.61. The maximum Gasteiger partial charge on any atom is 0.338 e. The molecule has 2 rings (SSSR count). The Hall–Kier alpha value is -2.86. The second kappa shape index (κ2) is 10.1. The molecule has 0 aliphatic carbocycles. The summed E-state index contributed by atoms with van der Waals surface area (Å²) in [6, 6.07) is 5.46. The number of nitro groups is 2. The molecule has 0 radical (unpaired) electrons. The van der Waals surface area contributed by atoms with Crippen LogP contribution in [-0.4, -0.2) is 34.0 Å². The van der Waals surface area contributed by atoms with Crippen LogP contribution in [0.15, 0.2) is 33.2 Å². The summed E-state index contributed by atoms with van der Waals surface area (Å²) < 4.78 is 5.38. The van der Waals surface area contributed by atoms with Gasteiger partial charge < -0.3 is 9.84 Å². The average molecular weight is 534 g/mol. The summed E-state index contributed by atoms with van der Waals surface area (Å²) in [6.07, 6.45) is 0. The summed E-state index contributed by atoms with van der Waals surface area (Å²) in [5, 5.41) is 30.0. The van der Waals surface area contributed by atoms with E-state index in [2.05, 4.69) is 36.6 Å². The highest BCUT2D eigenvalue weighted by molar-refractivity contribution is 9.10. The molecular weight excluding hydrogens is 520 g/mol. The molecular formula is C17H14Br2N2O8. The van der Waals surface area contributed by atoms with Crippen molar-refractivity contribution in [2.45, 2.75) is 13.8 Å². The third-order valence-electron chi connectivity index (χ3n) is 3.72. The van der Waals surface area contributed by atoms with Gasteiger partial charge in [-0.15, -0.1) is 0 Å². The fraction of sp³-hybridized carbons (Fsp3) is 0.176. The molecule has 2 aromatic carbocycles. The Bertz CT molecular complexity index is 972. The second-order valence-corrected chi connectivity index (χ2v) is 7.34. The van der Waals surface area contributed by atoms with E-state index < -0.39 is 21.8 Å². The first-order valence-corrected chi connectivity index (χ1v) is 9.20. The Labute approximate surface area is 181 Å². The molecule has 0 unspecified atom stereocenters. The second-order valence-electron chi connectivity index (χ2n) is 5.51. The fourth-order valence-corrected chi connectivity index (χ4v) is 3.14. The lowest BCUT2D eigenvalue weighted by Gasteiger charge is -2.05. The minimum absolute atomic E-state index is 0.0638. The minimum Gasteiger partial charge on any atom is -0.478 e. The van der Waals surface area contributed by atoms with E-state index in [-0.39, 0.29) is 28.1 Å². The topological polar surface area (TPSA) is 150 Å². The Kier molecular flexibility index (Phi) is 8.40. The van der Waals surface area contributed by atoms with Crippen molar-refractivity contribution in [3.63, 3.8) is 0 Å². The zero-order chi connectivity index (χ0) is 22.5. The predicted molar refractivity (Wildman–Crippen MR) is 109 cm³/mol. The highest BCUT2D eigenvalue weighted by Gasteiger charge is 2.20. The van der Waals surface area contributed by atoms with Gasteiger partial charge in [0.2, 0.25) is 0 Å². The smallest absolute Gasteiger partial charge is 0.338 e. The minimum atomic E-state index is -1.17. The van der Waals surface area contributed by atoms with Gasteiger partial charge in [0.05, 0.1) is 28.1 Å². The van der Waals surface area contributed by atoms with Gasteiger partial charge in [-0.05, 0) is 26.0 Å². The molecule has 0 spiro atoms. The molecule has 0 saturated heterocycles. The van der Waals surface area contributed by atoms with Crippen molar-refractivity contribution in [1.29, 1.82) is 0 Å². The molecule has 0 aromatic heterocycles. The van der Waals surface area contributed by atoms with E-state index in [0.717, 1.165) is 0 Å². The maximum atomic E-state index is 11.3. The van der Waals surface area contributed by atoms with Gasteiger partial charge in [-0.25, -0.2) is 9.59 Å². The van der Waals surface area contributed by atoms with Crippen molar-refractivity contribution in [2.24, 2.45) is 0 Å². The van der Waals surface area contributed by atoms with Crippen LogP contribution < -0.4 is 0 Å². The third kappa shape index (κ3) is 6.06. The summed E-state index contributed by atoms with van der Waals surface area (Å²) in [5.41, 5.74) is 0.284. The normalized spacial score (nSPS) is 9.83. The molecule has 1 N–H and O–H groups in total. The highest BCUT2D eigenvalue weighted by Crippen LogP contribution is 2.28. The van der Waals surface area contributed by atoms with Crippen LogP contribution in [0.1, 0.15) is 31.8 Å². The standard InChI is InChI=1S/C9H8BrNO4.C8H6BrNO4/c1-5-7(9(12)15-2)3-6(10)4-8(5)11(13)14;1-4-6(8(11)12)2-5(9)3-7(4)10(13)14/h3-4H,1-2H3;2-3H,1H3,(H,11,12). The Morgan fingerprint density at radius 2 is 1.28 bits per heavy atom. The summed E-state index contributed by atoms with van der Waals surface area (Å²) in [4.78, 5) is 42.1. The Balaban J connectivity index is 0.000000291. The molecule has 2 aromatic rings. The van der Waals surface area contributed by atoms with Crippen molar-refractivity contribution in [1.82, 2.24) is 0 Å². The number of halogens is 2. The lowest BCUT2D eigenvalue weighted by molar-refractivity contribution is -0.385. The number of carboxylic acid groups (broad SMARTS) is 1. The van der Waals surface area contributed by atoms with Gasteiger partial charge in [0.25, 0.3) is 11.4 Å². The van der Waals surface area contributed by atoms with E-state index in [1.54, 1.807) is 0 Å². The van der Waals surface area contributed by atoms with E-state index in [0.29, 0.717) is 14.5 Å². The van der Waals surface area contributed by atoms with E-state index >= 15 is 0 Å². The number of esters is 1. The Morgan fingerprint density at radius 3 is 1.62 bits per heavy atom. The van der Waals surface area contributed by atoms with E-state index in [1.165, 1.54) is 45.2 Å². The average Bonchev–Trinajstić information content (AvgIpc) is 2.64. The number of nitrogens with zero attached hydrogens (tertiary/aromatic N) is 2. The number of hydrogen-bond donors (Lipinski definition) is 1. The number of hydrogen-bond acceptors (Lipinski definition) is 7. The molecule has 0 aliphatic rings. The van der Waals surface area contributed by atoms with Crippen LogP contribution in [-0.2, 0) is 4.74 Å². The summed E-state index contributed by atoms with van der Waals surface area (Å²) in [6.45, 7) is 2.92. The van der Waals surface area contributed by atoms with Crippen LogP contribution >= 0.6 is 31.9 Å². The number of carboxylic acids is 1. The van der Waals surface area contributed by atoms with Crippen molar-refractivity contribution in [2.75, 3.05) is 7.11 Å². The molecule has 0 fully saturated rings. The van der Waals surface area contributed by atoms with Crippen molar-refractivity contribution < 1.29 is 29.3 Å². The number of carbonyl (C=O) groups excluding carboxylic acids is 1. The predicted octanol–water partition coefficient (Wildman–Crippen LogP) is 4.82. The Morgan fingerprint density at radius 1 is 0.897 bits per heavy atom. The molecule has 12 heteroatoms. The van der Waals surface area contributed by atoms with Crippen LogP contribution in [0.4, 0.5) is 11.4 Å². The molecule has 0 saturated carbocycles. The summed E-state index contributed by atoms with van der Waals surface area (Å²) in [7, 11) is 1.23. The number of benzene rings is 2. The number of aromatic carboxylic acids is 1. The molecule has 0 atom stereocenters. The zero-order valence-electron chi connectivity index (χ0n) is 15.3. The van der Waals surface area contributed by atoms with E-state index in [1.807, 2.05) is 0 Å². The SMILES string of the molecule is COC(=O)c1cc(Br)cc([N+](=O)[O-])c1C.Cc1c(C(=O)O)cc(Br)cc1[N+](=O)[O-]. The number of carbonyl (C=O) groups is 2. The van der Waals surface area contributed by atoms with Crippen LogP contribution in [0.25, 0.3) is 0 Å². The van der Waals surface area contributed by atoms with Crippen LogP contribution in [0.5, 0.6) is 0 Å². The quantitative estimate of drug-likeness (QED) is 0.334. The van der Waals surface area contributed by atoms with Gasteiger partial charge in [-0.2, -0.15) is 0 Å². The molecule has 0 aliphatic heterocycles. The first kappa shape index (κ1) is 24.2.